The Hall–Kier alpha value is -2.57. The van der Waals surface area contributed by atoms with Gasteiger partial charge in [0.15, 0.2) is 0 Å². The van der Waals surface area contributed by atoms with Crippen molar-refractivity contribution in [3.63, 3.8) is 0 Å². The fraction of sp³-hybridized carbons (Fsp3) is 0.559. The van der Waals surface area contributed by atoms with Crippen molar-refractivity contribution in [1.29, 1.82) is 15.8 Å². The SMILES string of the molecule is CC#N.CC#N.CC#N.F[B-](F)(F)F.F[B-](F)(F)F.[Ni+2].c1ccc(N2C[PH+](C3CCCCC3)CN(c3ccccc3)C[PH+](C3CCCCC3)C2)cc1. The fourth-order valence-electron chi connectivity index (χ4n) is 6.37. The van der Waals surface area contributed by atoms with Gasteiger partial charge < -0.3 is 44.3 Å². The number of benzene rings is 2. The molecule has 3 aliphatic rings. The summed E-state index contributed by atoms with van der Waals surface area (Å²) >= 11 is 0. The molecule has 5 nitrogen and oxygen atoms in total. The van der Waals surface area contributed by atoms with Crippen LogP contribution in [0.25, 0.3) is 0 Å². The van der Waals surface area contributed by atoms with Crippen LogP contribution in [0.2, 0.25) is 0 Å². The van der Waals surface area contributed by atoms with Gasteiger partial charge in [-0.1, -0.05) is 49.2 Å². The third-order valence-electron chi connectivity index (χ3n) is 8.18. The van der Waals surface area contributed by atoms with E-state index in [4.69, 9.17) is 15.8 Å². The van der Waals surface area contributed by atoms with E-state index in [0.717, 1.165) is 11.3 Å². The van der Waals surface area contributed by atoms with Crippen molar-refractivity contribution >= 4 is 41.7 Å². The molecule has 292 valence electrons. The second-order valence-electron chi connectivity index (χ2n) is 12.0. The summed E-state index contributed by atoms with van der Waals surface area (Å²) in [4.78, 5) is 5.77. The van der Waals surface area contributed by atoms with Crippen LogP contribution in [-0.4, -0.2) is 51.0 Å². The zero-order valence-electron chi connectivity index (χ0n) is 30.1. The summed E-state index contributed by atoms with van der Waals surface area (Å²) in [7, 11) is -13.0. The van der Waals surface area contributed by atoms with E-state index in [1.807, 2.05) is 0 Å². The summed E-state index contributed by atoms with van der Waals surface area (Å²) in [6.07, 6.45) is 20.1. The first-order chi connectivity index (χ1) is 24.1. The molecule has 0 N–H and O–H groups in total. The second-order valence-corrected chi connectivity index (χ2v) is 17.6. The zero-order chi connectivity index (χ0) is 38.7. The minimum absolute atomic E-state index is 0. The molecule has 2 aromatic rings. The van der Waals surface area contributed by atoms with Crippen molar-refractivity contribution in [1.82, 2.24) is 0 Å². The molecule has 0 spiro atoms. The number of nitrogens with zero attached hydrogens (tertiary/aromatic N) is 5. The van der Waals surface area contributed by atoms with Gasteiger partial charge in [0.1, 0.15) is 25.1 Å². The first kappa shape index (κ1) is 51.5. The van der Waals surface area contributed by atoms with Crippen LogP contribution >= 0.6 is 15.8 Å². The number of nitriles is 3. The van der Waals surface area contributed by atoms with E-state index in [2.05, 4.69) is 70.5 Å². The number of para-hydroxylation sites is 2. The number of hydrogen-bond acceptors (Lipinski definition) is 5. The van der Waals surface area contributed by atoms with Gasteiger partial charge in [-0.25, -0.2) is 0 Å². The standard InChI is InChI=1S/C28H40N2P2.3C2H3N.2BF4.Ni/c1-5-13-25(14-6-1)29-21-31(27-17-9-3-10-18-27)23-30(26-15-7-2-8-16-26)24-32(22-29)28-19-11-4-12-20-28;3*1-2-3;2*2-1(3,4)5;/h1-2,5-8,13-16,27-28H,3-4,9-12,17-24H2;3*1H3;;;/q;;;;2*-1;+2/p+2. The van der Waals surface area contributed by atoms with Gasteiger partial charge in [0.05, 0.1) is 29.5 Å². The Morgan fingerprint density at radius 2 is 0.712 bits per heavy atom. The molecule has 52 heavy (non-hydrogen) atoms. The monoisotopic (exact) mass is 823 g/mol. The van der Waals surface area contributed by atoms with Crippen LogP contribution in [0.4, 0.5) is 45.9 Å². The summed E-state index contributed by atoms with van der Waals surface area (Å²) in [5.74, 6) is 0. The molecule has 0 atom stereocenters. The molecule has 1 saturated heterocycles. The van der Waals surface area contributed by atoms with Crippen molar-refractivity contribution in [2.45, 2.75) is 96.3 Å². The van der Waals surface area contributed by atoms with E-state index in [1.54, 1.807) is 18.2 Å². The predicted octanol–water partition coefficient (Wildman–Crippen LogP) is 12.1. The molecule has 2 saturated carbocycles. The van der Waals surface area contributed by atoms with Crippen molar-refractivity contribution in [3.8, 4) is 18.2 Å². The minimum atomic E-state index is -6.00. The molecule has 3 fully saturated rings. The number of hydrogen-bond donors (Lipinski definition) is 0. The Morgan fingerprint density at radius 1 is 0.500 bits per heavy atom. The predicted molar refractivity (Wildman–Crippen MR) is 202 cm³/mol. The smallest absolute Gasteiger partial charge is 0.418 e. The van der Waals surface area contributed by atoms with Gasteiger partial charge in [-0.3, -0.25) is 0 Å². The Bertz CT molecular complexity index is 1150. The van der Waals surface area contributed by atoms with Gasteiger partial charge in [0, 0.05) is 48.0 Å². The molecule has 0 unspecified atom stereocenters. The molecule has 18 heteroatoms. The maximum atomic E-state index is 9.75. The Labute approximate surface area is 317 Å². The fourth-order valence-corrected chi connectivity index (χ4v) is 13.6. The van der Waals surface area contributed by atoms with E-state index in [-0.39, 0.29) is 16.5 Å². The third kappa shape index (κ3) is 27.1. The molecule has 0 radical (unpaired) electrons. The first-order valence-electron chi connectivity index (χ1n) is 17.1. The van der Waals surface area contributed by atoms with Crippen LogP contribution in [-0.2, 0) is 16.5 Å². The second kappa shape index (κ2) is 29.8. The van der Waals surface area contributed by atoms with Gasteiger partial charge in [0.2, 0.25) is 0 Å². The Morgan fingerprint density at radius 3 is 0.923 bits per heavy atom. The summed E-state index contributed by atoms with van der Waals surface area (Å²) in [5, 5.41) is 22.0. The van der Waals surface area contributed by atoms with E-state index < -0.39 is 30.4 Å². The van der Waals surface area contributed by atoms with Crippen LogP contribution in [0.15, 0.2) is 60.7 Å². The summed E-state index contributed by atoms with van der Waals surface area (Å²) in [5.41, 5.74) is 4.99. The van der Waals surface area contributed by atoms with Crippen molar-refractivity contribution < 1.29 is 51.0 Å². The molecule has 0 amide bonds. The molecule has 0 aromatic heterocycles. The molecular formula is C34H51B2F8N5NiP2+2. The topological polar surface area (TPSA) is 77.8 Å². The number of halogens is 8. The average Bonchev–Trinajstić information content (AvgIpc) is 3.06. The van der Waals surface area contributed by atoms with Crippen LogP contribution < -0.4 is 9.80 Å². The summed E-state index contributed by atoms with van der Waals surface area (Å²) in [6, 6.07) is 28.2. The van der Waals surface area contributed by atoms with Gasteiger partial charge in [-0.05, 0) is 75.6 Å². The van der Waals surface area contributed by atoms with Crippen molar-refractivity contribution in [3.05, 3.63) is 60.7 Å². The molecule has 1 heterocycles. The molecule has 1 aliphatic heterocycles. The largest absolute Gasteiger partial charge is 2.00 e. The van der Waals surface area contributed by atoms with E-state index in [9.17, 15) is 34.5 Å². The van der Waals surface area contributed by atoms with E-state index >= 15 is 0 Å². The van der Waals surface area contributed by atoms with Gasteiger partial charge in [-0.2, -0.15) is 15.8 Å². The maximum Gasteiger partial charge on any atom is 2.00 e. The van der Waals surface area contributed by atoms with Crippen LogP contribution in [0, 0.1) is 34.0 Å². The third-order valence-corrected chi connectivity index (χ3v) is 14.8. The van der Waals surface area contributed by atoms with Crippen molar-refractivity contribution in [2.75, 3.05) is 34.9 Å². The molecule has 2 aliphatic carbocycles. The van der Waals surface area contributed by atoms with Gasteiger partial charge >= 0.3 is 31.0 Å². The van der Waals surface area contributed by atoms with E-state index in [0.29, 0.717) is 0 Å². The van der Waals surface area contributed by atoms with Crippen LogP contribution in [0.5, 0.6) is 0 Å². The molecule has 2 aromatic carbocycles. The molecule has 0 bridgehead atoms. The Balaban J connectivity index is 0. The van der Waals surface area contributed by atoms with Crippen LogP contribution in [0.3, 0.4) is 0 Å². The van der Waals surface area contributed by atoms with Gasteiger partial charge in [0.25, 0.3) is 0 Å². The van der Waals surface area contributed by atoms with Gasteiger partial charge in [-0.15, -0.1) is 0 Å². The quantitative estimate of drug-likeness (QED) is 0.174. The average molecular weight is 824 g/mol. The zero-order valence-corrected chi connectivity index (χ0v) is 33.0. The number of rotatable bonds is 4. The maximum absolute atomic E-state index is 9.75. The summed E-state index contributed by atoms with van der Waals surface area (Å²) < 4.78 is 78.0. The molecular weight excluding hydrogens is 773 g/mol. The minimum Gasteiger partial charge on any atom is -0.418 e. The Kier molecular flexibility index (Phi) is 29.6. The van der Waals surface area contributed by atoms with Crippen LogP contribution in [0.1, 0.15) is 85.0 Å². The van der Waals surface area contributed by atoms with Crippen molar-refractivity contribution in [2.24, 2.45) is 0 Å². The molecule has 5 rings (SSSR count). The normalized spacial score (nSPS) is 19.1. The van der Waals surface area contributed by atoms with E-state index in [1.165, 1.54) is 121 Å². The first-order valence-corrected chi connectivity index (χ1v) is 21.1. The summed E-state index contributed by atoms with van der Waals surface area (Å²) in [6.45, 7) is 4.29. The number of anilines is 2.